The van der Waals surface area contributed by atoms with Crippen molar-refractivity contribution >= 4 is 17.3 Å². The number of oxazole rings is 1. The zero-order valence-corrected chi connectivity index (χ0v) is 10.0. The maximum Gasteiger partial charge on any atom is 0.280 e. The highest BCUT2D eigenvalue weighted by Crippen LogP contribution is 2.30. The molecule has 92 valence electrons. The second-order valence-electron chi connectivity index (χ2n) is 4.35. The summed E-state index contributed by atoms with van der Waals surface area (Å²) in [6, 6.07) is 5.65. The number of fused-ring (bicyclic) bond motifs is 1. The Balaban J connectivity index is 1.96. The van der Waals surface area contributed by atoms with E-state index >= 15 is 0 Å². The Hall–Kier alpha value is -2.30. The summed E-state index contributed by atoms with van der Waals surface area (Å²) in [5, 5.41) is 0. The van der Waals surface area contributed by atoms with Gasteiger partial charge in [0, 0.05) is 24.8 Å². The van der Waals surface area contributed by atoms with E-state index in [1.807, 2.05) is 18.2 Å². The van der Waals surface area contributed by atoms with Crippen LogP contribution >= 0.6 is 0 Å². The van der Waals surface area contributed by atoms with Crippen LogP contribution in [0.5, 0.6) is 0 Å². The van der Waals surface area contributed by atoms with E-state index < -0.39 is 0 Å². The molecule has 0 unspecified atom stereocenters. The van der Waals surface area contributed by atoms with Crippen LogP contribution in [0.1, 0.15) is 21.9 Å². The zero-order chi connectivity index (χ0) is 12.7. The van der Waals surface area contributed by atoms with Gasteiger partial charge in [0.1, 0.15) is 6.26 Å². The fourth-order valence-corrected chi connectivity index (χ4v) is 2.21. The number of hydrogen-bond acceptors (Lipinski definition) is 4. The monoisotopic (exact) mass is 243 g/mol. The molecule has 0 bridgehead atoms. The third kappa shape index (κ3) is 1.64. The Morgan fingerprint density at radius 3 is 3.06 bits per heavy atom. The van der Waals surface area contributed by atoms with Crippen LogP contribution in [0.25, 0.3) is 0 Å². The molecule has 0 aliphatic carbocycles. The van der Waals surface area contributed by atoms with Gasteiger partial charge in [0.2, 0.25) is 0 Å². The molecule has 1 aliphatic rings. The van der Waals surface area contributed by atoms with E-state index in [0.29, 0.717) is 23.8 Å². The molecule has 18 heavy (non-hydrogen) atoms. The van der Waals surface area contributed by atoms with Gasteiger partial charge in [0.05, 0.1) is 0 Å². The Morgan fingerprint density at radius 1 is 1.50 bits per heavy atom. The Kier molecular flexibility index (Phi) is 2.33. The van der Waals surface area contributed by atoms with Crippen LogP contribution in [0.3, 0.4) is 0 Å². The highest BCUT2D eigenvalue weighted by atomic mass is 16.3. The smallest absolute Gasteiger partial charge is 0.280 e. The van der Waals surface area contributed by atoms with Gasteiger partial charge in [-0.25, -0.2) is 4.98 Å². The third-order valence-electron chi connectivity index (χ3n) is 3.09. The van der Waals surface area contributed by atoms with Gasteiger partial charge in [0.15, 0.2) is 11.6 Å². The lowest BCUT2D eigenvalue weighted by Crippen LogP contribution is -2.29. The first-order valence-electron chi connectivity index (χ1n) is 5.77. The molecule has 1 aliphatic heterocycles. The van der Waals surface area contributed by atoms with Crippen LogP contribution in [0.4, 0.5) is 11.4 Å². The number of nitrogen functional groups attached to an aromatic ring is 1. The highest BCUT2D eigenvalue weighted by Gasteiger charge is 2.27. The second kappa shape index (κ2) is 3.87. The maximum atomic E-state index is 12.3. The summed E-state index contributed by atoms with van der Waals surface area (Å²) in [4.78, 5) is 18.1. The van der Waals surface area contributed by atoms with Crippen molar-refractivity contribution in [2.45, 2.75) is 13.3 Å². The summed E-state index contributed by atoms with van der Waals surface area (Å²) in [6.07, 6.45) is 2.24. The number of aryl methyl sites for hydroxylation is 1. The molecule has 0 saturated carbocycles. The molecule has 0 saturated heterocycles. The van der Waals surface area contributed by atoms with Gasteiger partial charge in [-0.2, -0.15) is 0 Å². The number of anilines is 2. The number of nitrogens with two attached hydrogens (primary N) is 1. The molecule has 2 heterocycles. The molecule has 5 heteroatoms. The molecular weight excluding hydrogens is 230 g/mol. The molecule has 2 N–H and O–H groups in total. The van der Waals surface area contributed by atoms with Crippen molar-refractivity contribution in [3.8, 4) is 0 Å². The lowest BCUT2D eigenvalue weighted by atomic mass is 10.1. The van der Waals surface area contributed by atoms with Crippen LogP contribution in [0, 0.1) is 6.92 Å². The van der Waals surface area contributed by atoms with Crippen LogP contribution in [-0.4, -0.2) is 17.4 Å². The summed E-state index contributed by atoms with van der Waals surface area (Å²) in [7, 11) is 0. The van der Waals surface area contributed by atoms with Crippen LogP contribution in [0.2, 0.25) is 0 Å². The van der Waals surface area contributed by atoms with E-state index in [2.05, 4.69) is 4.98 Å². The van der Waals surface area contributed by atoms with Gasteiger partial charge < -0.3 is 15.1 Å². The van der Waals surface area contributed by atoms with Crippen molar-refractivity contribution in [2.75, 3.05) is 17.2 Å². The highest BCUT2D eigenvalue weighted by molar-refractivity contribution is 6.06. The average molecular weight is 243 g/mol. The largest absolute Gasteiger partial charge is 0.448 e. The van der Waals surface area contributed by atoms with Crippen molar-refractivity contribution in [1.29, 1.82) is 0 Å². The summed E-state index contributed by atoms with van der Waals surface area (Å²) >= 11 is 0. The van der Waals surface area contributed by atoms with Gasteiger partial charge >= 0.3 is 0 Å². The fourth-order valence-electron chi connectivity index (χ4n) is 2.21. The lowest BCUT2D eigenvalue weighted by Gasteiger charge is -2.15. The van der Waals surface area contributed by atoms with Gasteiger partial charge in [0.25, 0.3) is 5.91 Å². The molecule has 3 rings (SSSR count). The van der Waals surface area contributed by atoms with E-state index in [9.17, 15) is 4.79 Å². The standard InChI is InChI=1S/C13H13N3O2/c1-8-15-11(7-18-8)13(17)16-5-4-9-2-3-10(14)6-12(9)16/h2-3,6-7H,4-5,14H2,1H3. The first kappa shape index (κ1) is 10.8. The van der Waals surface area contributed by atoms with E-state index in [-0.39, 0.29) is 5.91 Å². The van der Waals surface area contributed by atoms with E-state index in [0.717, 1.165) is 17.7 Å². The zero-order valence-electron chi connectivity index (χ0n) is 10.0. The molecule has 0 radical (unpaired) electrons. The molecule has 2 aromatic rings. The quantitative estimate of drug-likeness (QED) is 0.775. The number of rotatable bonds is 1. The van der Waals surface area contributed by atoms with Crippen LogP contribution in [-0.2, 0) is 6.42 Å². The molecule has 0 fully saturated rings. The molecule has 1 aromatic heterocycles. The van der Waals surface area contributed by atoms with E-state index in [4.69, 9.17) is 10.2 Å². The first-order valence-corrected chi connectivity index (χ1v) is 5.77. The Labute approximate surface area is 104 Å². The summed E-state index contributed by atoms with van der Waals surface area (Å²) < 4.78 is 5.07. The summed E-state index contributed by atoms with van der Waals surface area (Å²) in [6.45, 7) is 2.37. The van der Waals surface area contributed by atoms with Gasteiger partial charge in [-0.15, -0.1) is 0 Å². The lowest BCUT2D eigenvalue weighted by molar-refractivity contribution is 0.0984. The van der Waals surface area contributed by atoms with Gasteiger partial charge in [-0.1, -0.05) is 6.07 Å². The number of amides is 1. The second-order valence-corrected chi connectivity index (χ2v) is 4.35. The summed E-state index contributed by atoms with van der Waals surface area (Å²) in [5.41, 5.74) is 8.77. The van der Waals surface area contributed by atoms with Gasteiger partial charge in [-0.3, -0.25) is 4.79 Å². The van der Waals surface area contributed by atoms with Crippen LogP contribution < -0.4 is 10.6 Å². The predicted octanol–water partition coefficient (Wildman–Crippen LogP) is 1.77. The maximum absolute atomic E-state index is 12.3. The number of nitrogens with zero attached hydrogens (tertiary/aromatic N) is 2. The average Bonchev–Trinajstić information content (AvgIpc) is 2.94. The third-order valence-corrected chi connectivity index (χ3v) is 3.09. The number of aromatic nitrogens is 1. The predicted molar refractivity (Wildman–Crippen MR) is 67.5 cm³/mol. The molecule has 0 atom stereocenters. The molecule has 1 aromatic carbocycles. The Bertz CT molecular complexity index is 618. The van der Waals surface area contributed by atoms with Gasteiger partial charge in [-0.05, 0) is 24.1 Å². The van der Waals surface area contributed by atoms with Crippen molar-refractivity contribution in [3.63, 3.8) is 0 Å². The van der Waals surface area contributed by atoms with Crippen LogP contribution in [0.15, 0.2) is 28.9 Å². The molecular formula is C13H13N3O2. The molecule has 0 spiro atoms. The minimum absolute atomic E-state index is 0.142. The first-order chi connectivity index (χ1) is 8.65. The van der Waals surface area contributed by atoms with Crippen molar-refractivity contribution in [1.82, 2.24) is 4.98 Å². The number of benzene rings is 1. The minimum Gasteiger partial charge on any atom is -0.448 e. The van der Waals surface area contributed by atoms with E-state index in [1.54, 1.807) is 11.8 Å². The Morgan fingerprint density at radius 2 is 2.33 bits per heavy atom. The molecule has 5 nitrogen and oxygen atoms in total. The fraction of sp³-hybridized carbons (Fsp3) is 0.231. The van der Waals surface area contributed by atoms with Crippen molar-refractivity contribution in [2.24, 2.45) is 0 Å². The SMILES string of the molecule is Cc1nc(C(=O)N2CCc3ccc(N)cc32)co1. The van der Waals surface area contributed by atoms with Crippen molar-refractivity contribution < 1.29 is 9.21 Å². The number of carbonyl (C=O) groups excluding carboxylic acids is 1. The number of hydrogen-bond donors (Lipinski definition) is 1. The van der Waals surface area contributed by atoms with E-state index in [1.165, 1.54) is 6.26 Å². The normalized spacial score (nSPS) is 13.7. The number of carbonyl (C=O) groups is 1. The molecule has 1 amide bonds. The minimum atomic E-state index is -0.142. The summed E-state index contributed by atoms with van der Waals surface area (Å²) in [5.74, 6) is 0.349. The van der Waals surface area contributed by atoms with Crippen molar-refractivity contribution in [3.05, 3.63) is 41.6 Å². The topological polar surface area (TPSA) is 72.4 Å².